The molecule has 2 bridgehead atoms. The largest absolute Gasteiger partial charge is 0.506 e. The summed E-state index contributed by atoms with van der Waals surface area (Å²) >= 11 is 0. The second kappa shape index (κ2) is 17.5. The van der Waals surface area contributed by atoms with Crippen LogP contribution in [-0.4, -0.2) is 71.5 Å². The third-order valence-electron chi connectivity index (χ3n) is 11.9. The molecule has 1 aliphatic carbocycles. The summed E-state index contributed by atoms with van der Waals surface area (Å²) in [5.41, 5.74) is 4.02. The van der Waals surface area contributed by atoms with E-state index in [1.54, 1.807) is 12.1 Å². The number of phenols is 1. The fourth-order valence-electron chi connectivity index (χ4n) is 8.69. The molecule has 0 spiro atoms. The minimum Gasteiger partial charge on any atom is -0.506 e. The maximum Gasteiger partial charge on any atom is 0.331 e. The lowest BCUT2D eigenvalue weighted by atomic mass is 9.85. The first kappa shape index (κ1) is 38.7. The molecule has 3 saturated heterocycles. The number of H-pyrrole nitrogens is 1. The first-order valence-corrected chi connectivity index (χ1v) is 20.3. The van der Waals surface area contributed by atoms with Crippen molar-refractivity contribution in [1.29, 1.82) is 0 Å². The summed E-state index contributed by atoms with van der Waals surface area (Å²) in [5.74, 6) is 1.80. The first-order valence-electron chi connectivity index (χ1n) is 20.3. The van der Waals surface area contributed by atoms with Crippen LogP contribution in [0.15, 0.2) is 102 Å². The van der Waals surface area contributed by atoms with Crippen molar-refractivity contribution in [2.24, 2.45) is 5.92 Å². The van der Waals surface area contributed by atoms with E-state index < -0.39 is 11.6 Å². The van der Waals surface area contributed by atoms with Crippen molar-refractivity contribution < 1.29 is 29.2 Å². The van der Waals surface area contributed by atoms with Gasteiger partial charge in [-0.15, -0.1) is 0 Å². The summed E-state index contributed by atoms with van der Waals surface area (Å²) in [7, 11) is 0. The molecule has 11 nitrogen and oxygen atoms in total. The predicted molar refractivity (Wildman–Crippen MR) is 218 cm³/mol. The lowest BCUT2D eigenvalue weighted by Gasteiger charge is -2.45. The third-order valence-corrected chi connectivity index (χ3v) is 11.9. The van der Waals surface area contributed by atoms with Crippen LogP contribution < -0.4 is 25.7 Å². The number of carbonyl (C=O) groups excluding carboxylic acids is 1. The molecule has 3 atom stereocenters. The number of aliphatic hydroxyl groups is 1. The number of phenolic OH excluding ortho intramolecular Hbond substituents is 1. The number of piperidine rings is 3. The lowest BCUT2D eigenvalue weighted by Crippen LogP contribution is -2.55. The maximum atomic E-state index is 14.1. The maximum absolute atomic E-state index is 14.1. The molecule has 3 aliphatic heterocycles. The number of rotatable bonds is 17. The molecule has 11 heteroatoms. The number of esters is 1. The van der Waals surface area contributed by atoms with Crippen LogP contribution in [0, 0.1) is 5.92 Å². The fourth-order valence-corrected chi connectivity index (χ4v) is 8.69. The van der Waals surface area contributed by atoms with E-state index >= 15 is 0 Å². The van der Waals surface area contributed by atoms with Gasteiger partial charge in [0.1, 0.15) is 35.5 Å². The Kier molecular flexibility index (Phi) is 11.9. The van der Waals surface area contributed by atoms with Crippen LogP contribution in [0.5, 0.6) is 17.2 Å². The van der Waals surface area contributed by atoms with Crippen LogP contribution in [0.25, 0.3) is 10.9 Å². The number of benzene rings is 4. The highest BCUT2D eigenvalue weighted by molar-refractivity contribution is 5.87. The van der Waals surface area contributed by atoms with Crippen LogP contribution in [0.3, 0.4) is 0 Å². The average Bonchev–Trinajstić information content (AvgIpc) is 3.62. The molecule has 0 amide bonds. The summed E-state index contributed by atoms with van der Waals surface area (Å²) in [6.07, 6.45) is 4.56. The Morgan fingerprint density at radius 1 is 0.912 bits per heavy atom. The van der Waals surface area contributed by atoms with Crippen LogP contribution >= 0.6 is 0 Å². The molecule has 298 valence electrons. The zero-order valence-corrected chi connectivity index (χ0v) is 32.3. The number of aromatic nitrogens is 1. The third kappa shape index (κ3) is 8.87. The number of nitrogens with zero attached hydrogens (tertiary/aromatic N) is 1. The number of ether oxygens (including phenoxy) is 3. The normalized spacial score (nSPS) is 21.6. The highest BCUT2D eigenvalue weighted by atomic mass is 16.5. The number of aromatic amines is 1. The fraction of sp³-hybridized carbons (Fsp3) is 0.391. The first-order chi connectivity index (χ1) is 27.8. The van der Waals surface area contributed by atoms with Crippen LogP contribution in [0.4, 0.5) is 0 Å². The number of pyridine rings is 1. The molecular weight excluding hydrogens is 721 g/mol. The van der Waals surface area contributed by atoms with Gasteiger partial charge in [-0.05, 0) is 128 Å². The van der Waals surface area contributed by atoms with Crippen molar-refractivity contribution in [2.45, 2.75) is 69.4 Å². The van der Waals surface area contributed by atoms with Gasteiger partial charge in [0.2, 0.25) is 5.56 Å². The van der Waals surface area contributed by atoms with Crippen LogP contribution in [0.2, 0.25) is 0 Å². The van der Waals surface area contributed by atoms with E-state index in [0.29, 0.717) is 61.7 Å². The zero-order chi connectivity index (χ0) is 39.2. The van der Waals surface area contributed by atoms with Gasteiger partial charge in [0.05, 0.1) is 18.2 Å². The number of nitrogens with one attached hydrogen (secondary N) is 3. The second-order valence-corrected chi connectivity index (χ2v) is 15.6. The number of aryl methyl sites for hydroxylation is 1. The van der Waals surface area contributed by atoms with E-state index in [-0.39, 0.29) is 23.4 Å². The quantitative estimate of drug-likeness (QED) is 0.0576. The second-order valence-electron chi connectivity index (χ2n) is 15.6. The monoisotopic (exact) mass is 772 g/mol. The highest BCUT2D eigenvalue weighted by Crippen LogP contribution is 2.40. The standard InChI is InChI=1S/C46H52N4O7/c51-40-15-13-37(38-14-16-43(53)49-44(38)40)41(52)28-47-21-3-4-24-55-35-10-6-8-32(26-35)30-56-36-11-5-7-31(25-36)27-48-46(20-17-33-9-1-2-12-39(33)46)45(54)57-42-29-50-22-18-34(42)19-23-50/h1-2,5-16,25-26,34,41-42,47-48,51-52H,3-4,17-24,27-30H2,(H,49,53)/t41-,42-,46?/m0/s1. The smallest absolute Gasteiger partial charge is 0.331 e. The molecule has 4 heterocycles. The van der Waals surface area contributed by atoms with Crippen molar-refractivity contribution in [3.05, 3.63) is 135 Å². The number of aliphatic hydroxyl groups excluding tert-OH is 1. The lowest BCUT2D eigenvalue weighted by molar-refractivity contribution is -0.167. The number of unbranched alkanes of at least 4 members (excludes halogenated alkanes) is 1. The Morgan fingerprint density at radius 3 is 2.53 bits per heavy atom. The molecule has 4 aromatic carbocycles. The topological polar surface area (TPSA) is 145 Å². The Hall–Kier alpha value is -5.20. The minimum atomic E-state index is -0.881. The predicted octanol–water partition coefficient (Wildman–Crippen LogP) is 5.86. The SMILES string of the molecule is O=C(O[C@H]1CN2CCC1CC2)C1(NCc2cccc(OCc3cccc(OCCCCNC[C@H](O)c4ccc(O)c5[nH]c(=O)ccc45)c3)c2)CCc2ccccc21. The summed E-state index contributed by atoms with van der Waals surface area (Å²) in [5, 5.41) is 28.5. The molecule has 1 unspecified atom stereocenters. The van der Waals surface area contributed by atoms with E-state index in [0.717, 1.165) is 79.9 Å². The van der Waals surface area contributed by atoms with E-state index in [1.807, 2.05) is 54.6 Å². The molecule has 0 radical (unpaired) electrons. The Bertz CT molecular complexity index is 2230. The van der Waals surface area contributed by atoms with Gasteiger partial charge in [-0.1, -0.05) is 54.6 Å². The van der Waals surface area contributed by atoms with Gasteiger partial charge in [0.15, 0.2) is 0 Å². The molecule has 3 fully saturated rings. The number of fused-ring (bicyclic) bond motifs is 5. The van der Waals surface area contributed by atoms with Gasteiger partial charge in [-0.25, -0.2) is 4.79 Å². The molecule has 57 heavy (non-hydrogen) atoms. The summed E-state index contributed by atoms with van der Waals surface area (Å²) < 4.78 is 18.6. The van der Waals surface area contributed by atoms with Crippen molar-refractivity contribution >= 4 is 16.9 Å². The van der Waals surface area contributed by atoms with Gasteiger partial charge in [-0.2, -0.15) is 0 Å². The summed E-state index contributed by atoms with van der Waals surface area (Å²) in [6, 6.07) is 30.4. The van der Waals surface area contributed by atoms with E-state index in [4.69, 9.17) is 14.2 Å². The van der Waals surface area contributed by atoms with E-state index in [9.17, 15) is 19.8 Å². The molecule has 4 aliphatic rings. The van der Waals surface area contributed by atoms with Crippen molar-refractivity contribution in [3.63, 3.8) is 0 Å². The molecular formula is C46H52N4O7. The number of hydrogen-bond acceptors (Lipinski definition) is 10. The molecule has 1 aromatic heterocycles. The number of aromatic hydroxyl groups is 1. The Balaban J connectivity index is 0.794. The Labute approximate surface area is 333 Å². The molecule has 9 rings (SSSR count). The number of hydrogen-bond donors (Lipinski definition) is 5. The van der Waals surface area contributed by atoms with Gasteiger partial charge in [0.25, 0.3) is 0 Å². The minimum absolute atomic E-state index is 0.0288. The summed E-state index contributed by atoms with van der Waals surface area (Å²) in [4.78, 5) is 30.9. The zero-order valence-electron chi connectivity index (χ0n) is 32.3. The molecule has 5 N–H and O–H groups in total. The molecule has 5 aromatic rings. The van der Waals surface area contributed by atoms with Crippen LogP contribution in [-0.2, 0) is 34.6 Å². The van der Waals surface area contributed by atoms with Crippen molar-refractivity contribution in [1.82, 2.24) is 20.5 Å². The van der Waals surface area contributed by atoms with Gasteiger partial charge >= 0.3 is 5.97 Å². The van der Waals surface area contributed by atoms with E-state index in [1.165, 1.54) is 17.7 Å². The van der Waals surface area contributed by atoms with Crippen LogP contribution in [0.1, 0.15) is 66.0 Å². The Morgan fingerprint density at radius 2 is 1.70 bits per heavy atom. The van der Waals surface area contributed by atoms with Gasteiger partial charge < -0.3 is 34.7 Å². The van der Waals surface area contributed by atoms with Gasteiger partial charge in [-0.3, -0.25) is 15.0 Å². The van der Waals surface area contributed by atoms with Gasteiger partial charge in [0, 0.05) is 31.1 Å². The number of carbonyl (C=O) groups is 1. The van der Waals surface area contributed by atoms with Crippen molar-refractivity contribution in [2.75, 3.05) is 39.3 Å². The molecule has 0 saturated carbocycles. The average molecular weight is 773 g/mol. The van der Waals surface area contributed by atoms with Crippen molar-refractivity contribution in [3.8, 4) is 17.2 Å². The highest BCUT2D eigenvalue weighted by Gasteiger charge is 2.48. The van der Waals surface area contributed by atoms with E-state index in [2.05, 4.69) is 38.7 Å². The summed E-state index contributed by atoms with van der Waals surface area (Å²) in [6.45, 7) is 5.52.